The molecule has 48 heavy (non-hydrogen) atoms. The predicted octanol–water partition coefficient (Wildman–Crippen LogP) is 7.46. The minimum Gasteiger partial charge on any atom is -0.497 e. The molecule has 6 aromatic rings. The summed E-state index contributed by atoms with van der Waals surface area (Å²) in [5.74, 6) is 2.06. The first-order chi connectivity index (χ1) is 23.6. The number of aromatic nitrogens is 1. The van der Waals surface area contributed by atoms with Gasteiger partial charge in [-0.2, -0.15) is 0 Å². The number of methoxy groups -OCH3 is 1. The molecular weight excluding hydrogens is 617 g/mol. The number of hydrogen-bond acceptors (Lipinski definition) is 6. The fraction of sp³-hybridized carbons (Fsp3) is 0.171. The Hall–Kier alpha value is -5.40. The fourth-order valence-electron chi connectivity index (χ4n) is 6.86. The summed E-state index contributed by atoms with van der Waals surface area (Å²) >= 11 is 1.42. The maximum absolute atomic E-state index is 14.3. The summed E-state index contributed by atoms with van der Waals surface area (Å²) in [5.41, 5.74) is 7.47. The van der Waals surface area contributed by atoms with Crippen molar-refractivity contribution in [1.82, 2.24) is 4.57 Å². The molecule has 0 saturated carbocycles. The van der Waals surface area contributed by atoms with Gasteiger partial charge in [0.15, 0.2) is 16.3 Å². The van der Waals surface area contributed by atoms with E-state index in [2.05, 4.69) is 60.7 Å². The van der Waals surface area contributed by atoms with Gasteiger partial charge in [-0.1, -0.05) is 96.3 Å². The number of nitrogens with zero attached hydrogens (tertiary/aromatic N) is 2. The number of allylic oxidation sites excluding steroid dienone is 1. The maximum atomic E-state index is 14.3. The highest BCUT2D eigenvalue weighted by molar-refractivity contribution is 7.07. The summed E-state index contributed by atoms with van der Waals surface area (Å²) < 4.78 is 20.4. The van der Waals surface area contributed by atoms with E-state index in [1.54, 1.807) is 7.11 Å². The number of ether oxygens (including phenoxy) is 3. The van der Waals surface area contributed by atoms with Crippen LogP contribution in [0.3, 0.4) is 0 Å². The van der Waals surface area contributed by atoms with Gasteiger partial charge in [0, 0.05) is 5.56 Å². The second-order valence-corrected chi connectivity index (χ2v) is 13.0. The Bertz CT molecular complexity index is 2400. The minimum absolute atomic E-state index is 0.0637. The molecule has 1 aliphatic heterocycles. The Labute approximate surface area is 282 Å². The Morgan fingerprint density at radius 3 is 2.60 bits per heavy atom. The first-order valence-electron chi connectivity index (χ1n) is 16.2. The zero-order valence-corrected chi connectivity index (χ0v) is 27.6. The highest BCUT2D eigenvalue weighted by Crippen LogP contribution is 2.41. The van der Waals surface area contributed by atoms with Gasteiger partial charge in [0.1, 0.15) is 12.4 Å². The van der Waals surface area contributed by atoms with E-state index in [9.17, 15) is 4.79 Å². The van der Waals surface area contributed by atoms with Crippen LogP contribution in [0.5, 0.6) is 17.2 Å². The fourth-order valence-corrected chi connectivity index (χ4v) is 7.86. The Morgan fingerprint density at radius 2 is 1.71 bits per heavy atom. The van der Waals surface area contributed by atoms with Crippen molar-refractivity contribution in [2.24, 2.45) is 4.99 Å². The highest BCUT2D eigenvalue weighted by Gasteiger charge is 2.32. The molecule has 0 bridgehead atoms. The average molecular weight is 651 g/mol. The van der Waals surface area contributed by atoms with Gasteiger partial charge >= 0.3 is 0 Å². The molecule has 2 aliphatic rings. The van der Waals surface area contributed by atoms with Crippen LogP contribution in [0.4, 0.5) is 0 Å². The van der Waals surface area contributed by atoms with E-state index in [0.717, 1.165) is 52.1 Å². The third-order valence-corrected chi connectivity index (χ3v) is 10.1. The zero-order valence-electron chi connectivity index (χ0n) is 26.8. The van der Waals surface area contributed by atoms with E-state index in [1.165, 1.54) is 27.7 Å². The molecule has 1 aliphatic carbocycles. The summed E-state index contributed by atoms with van der Waals surface area (Å²) in [4.78, 5) is 20.1. The lowest BCUT2D eigenvalue weighted by atomic mass is 9.83. The molecule has 0 unspecified atom stereocenters. The first-order valence-corrected chi connectivity index (χ1v) is 17.1. The monoisotopic (exact) mass is 650 g/mol. The van der Waals surface area contributed by atoms with Gasteiger partial charge in [-0.15, -0.1) is 0 Å². The van der Waals surface area contributed by atoms with E-state index in [1.807, 2.05) is 66.1 Å². The summed E-state index contributed by atoms with van der Waals surface area (Å²) in [7, 11) is 1.67. The number of thiazole rings is 1. The van der Waals surface area contributed by atoms with Crippen LogP contribution >= 0.6 is 11.3 Å². The maximum Gasteiger partial charge on any atom is 0.271 e. The number of aryl methyl sites for hydroxylation is 1. The molecule has 0 spiro atoms. The SMILES string of the molecule is CCOc1cc(/C=c2\sc3n(c2=O)[C@@H](c2cccc(OC)c2)C2=C(N=3)c3ccccc3CC2)ccc1OCc1cccc2ccccc12. The second-order valence-electron chi connectivity index (χ2n) is 12.0. The normalized spacial score (nSPS) is 15.4. The standard InChI is InChI=1S/C41H34N2O4S/c1-3-46-36-22-26(18-21-35(36)47-25-30-14-8-12-27-10-4-6-16-32(27)30)23-37-40(44)43-39(29-13-9-15-31(24-29)45-2)34-20-19-28-11-5-7-17-33(28)38(34)42-41(43)48-37/h4-18,21-24,39H,3,19-20,25H2,1-2H3/b37-23-/t39-/m0/s1. The van der Waals surface area contributed by atoms with Crippen LogP contribution in [0.1, 0.15) is 47.2 Å². The van der Waals surface area contributed by atoms with Crippen LogP contribution in [-0.2, 0) is 13.0 Å². The lowest BCUT2D eigenvalue weighted by Gasteiger charge is -2.31. The van der Waals surface area contributed by atoms with Crippen molar-refractivity contribution in [3.63, 3.8) is 0 Å². The van der Waals surface area contributed by atoms with E-state index < -0.39 is 0 Å². The molecule has 1 atom stereocenters. The number of hydrogen-bond donors (Lipinski definition) is 0. The molecule has 1 aromatic heterocycles. The molecular formula is C41H34N2O4S. The molecule has 0 N–H and O–H groups in total. The van der Waals surface area contributed by atoms with Crippen LogP contribution in [0, 0.1) is 0 Å². The average Bonchev–Trinajstić information content (AvgIpc) is 3.44. The summed E-state index contributed by atoms with van der Waals surface area (Å²) in [6.45, 7) is 2.86. The van der Waals surface area contributed by atoms with Gasteiger partial charge in [0.25, 0.3) is 5.56 Å². The van der Waals surface area contributed by atoms with Crippen LogP contribution in [0.15, 0.2) is 125 Å². The van der Waals surface area contributed by atoms with Crippen LogP contribution in [-0.4, -0.2) is 18.3 Å². The summed E-state index contributed by atoms with van der Waals surface area (Å²) in [6.07, 6.45) is 3.67. The zero-order chi connectivity index (χ0) is 32.6. The highest BCUT2D eigenvalue weighted by atomic mass is 32.1. The van der Waals surface area contributed by atoms with Gasteiger partial charge in [-0.25, -0.2) is 4.99 Å². The Balaban J connectivity index is 1.20. The minimum atomic E-state index is -0.273. The van der Waals surface area contributed by atoms with Gasteiger partial charge in [-0.3, -0.25) is 9.36 Å². The van der Waals surface area contributed by atoms with Crippen molar-refractivity contribution < 1.29 is 14.2 Å². The van der Waals surface area contributed by atoms with Gasteiger partial charge < -0.3 is 14.2 Å². The van der Waals surface area contributed by atoms with Gasteiger partial charge in [0.2, 0.25) is 0 Å². The van der Waals surface area contributed by atoms with Crippen molar-refractivity contribution in [2.45, 2.75) is 32.4 Å². The quantitative estimate of drug-likeness (QED) is 0.172. The van der Waals surface area contributed by atoms with E-state index >= 15 is 0 Å². The van der Waals surface area contributed by atoms with Crippen LogP contribution < -0.4 is 29.1 Å². The lowest BCUT2D eigenvalue weighted by molar-refractivity contribution is 0.270. The molecule has 6 nitrogen and oxygen atoms in total. The van der Waals surface area contributed by atoms with E-state index in [0.29, 0.717) is 34.0 Å². The van der Waals surface area contributed by atoms with Crippen molar-refractivity contribution in [3.8, 4) is 17.2 Å². The van der Waals surface area contributed by atoms with Crippen molar-refractivity contribution in [2.75, 3.05) is 13.7 Å². The number of fused-ring (bicyclic) bond motifs is 4. The largest absolute Gasteiger partial charge is 0.497 e. The van der Waals surface area contributed by atoms with Gasteiger partial charge in [-0.05, 0) is 88.7 Å². The first kappa shape index (κ1) is 30.0. The Kier molecular flexibility index (Phi) is 7.90. The lowest BCUT2D eigenvalue weighted by Crippen LogP contribution is -2.38. The summed E-state index contributed by atoms with van der Waals surface area (Å²) in [5, 5.41) is 2.35. The third kappa shape index (κ3) is 5.40. The van der Waals surface area contributed by atoms with Crippen LogP contribution in [0.2, 0.25) is 0 Å². The van der Waals surface area contributed by atoms with E-state index in [-0.39, 0.29) is 11.6 Å². The smallest absolute Gasteiger partial charge is 0.271 e. The molecule has 238 valence electrons. The topological polar surface area (TPSA) is 62.0 Å². The number of rotatable bonds is 8. The summed E-state index contributed by atoms with van der Waals surface area (Å²) in [6, 6.07) is 36.6. The molecule has 0 saturated heterocycles. The molecule has 0 radical (unpaired) electrons. The van der Waals surface area contributed by atoms with Gasteiger partial charge in [0.05, 0.1) is 30.0 Å². The second kappa shape index (κ2) is 12.7. The molecule has 5 aromatic carbocycles. The van der Waals surface area contributed by atoms with Crippen molar-refractivity contribution >= 4 is 33.9 Å². The Morgan fingerprint density at radius 1 is 0.875 bits per heavy atom. The van der Waals surface area contributed by atoms with E-state index in [4.69, 9.17) is 19.2 Å². The van der Waals surface area contributed by atoms with Crippen molar-refractivity contribution in [1.29, 1.82) is 0 Å². The molecule has 0 fully saturated rings. The molecule has 0 amide bonds. The third-order valence-electron chi connectivity index (χ3n) is 9.11. The predicted molar refractivity (Wildman–Crippen MR) is 192 cm³/mol. The molecule has 2 heterocycles. The molecule has 7 heteroatoms. The number of benzene rings is 5. The van der Waals surface area contributed by atoms with Crippen molar-refractivity contribution in [3.05, 3.63) is 162 Å². The molecule has 8 rings (SSSR count). The van der Waals surface area contributed by atoms with Crippen LogP contribution in [0.25, 0.3) is 22.5 Å².